The molecule has 3 aliphatic rings. The van der Waals surface area contributed by atoms with Crippen LogP contribution in [0.1, 0.15) is 44.1 Å². The van der Waals surface area contributed by atoms with Crippen molar-refractivity contribution in [2.45, 2.75) is 50.0 Å². The highest BCUT2D eigenvalue weighted by molar-refractivity contribution is 5.76. The lowest BCUT2D eigenvalue weighted by Crippen LogP contribution is -2.44. The lowest BCUT2D eigenvalue weighted by Gasteiger charge is -2.38. The van der Waals surface area contributed by atoms with Gasteiger partial charge >= 0.3 is 0 Å². The first-order chi connectivity index (χ1) is 12.8. The molecular formula is C20H27NO5. The molecule has 1 N–H and O–H groups in total. The number of benzene rings is 1. The van der Waals surface area contributed by atoms with Gasteiger partial charge in [-0.25, -0.2) is 0 Å². The number of carbonyl (C=O) groups excluding carboxylic acids is 1. The zero-order chi connectivity index (χ0) is 17.8. The van der Waals surface area contributed by atoms with Gasteiger partial charge in [-0.05, 0) is 49.8 Å². The lowest BCUT2D eigenvalue weighted by molar-refractivity contribution is -0.122. The van der Waals surface area contributed by atoms with E-state index in [1.54, 1.807) is 0 Å². The van der Waals surface area contributed by atoms with Gasteiger partial charge in [-0.3, -0.25) is 4.79 Å². The summed E-state index contributed by atoms with van der Waals surface area (Å²) in [7, 11) is 0. The van der Waals surface area contributed by atoms with Crippen LogP contribution in [0.3, 0.4) is 0 Å². The summed E-state index contributed by atoms with van der Waals surface area (Å²) in [6.45, 7) is 3.15. The molecule has 1 aromatic carbocycles. The molecule has 0 radical (unpaired) electrons. The molecule has 0 spiro atoms. The van der Waals surface area contributed by atoms with Crippen LogP contribution in [0.5, 0.6) is 11.5 Å². The van der Waals surface area contributed by atoms with Gasteiger partial charge < -0.3 is 24.3 Å². The number of nitrogens with one attached hydrogen (secondary N) is 1. The minimum Gasteiger partial charge on any atom is -0.454 e. The fourth-order valence-corrected chi connectivity index (χ4v) is 4.08. The van der Waals surface area contributed by atoms with E-state index in [1.165, 1.54) is 5.56 Å². The second kappa shape index (κ2) is 7.84. The molecule has 3 heterocycles. The Kier molecular flexibility index (Phi) is 5.31. The average molecular weight is 361 g/mol. The van der Waals surface area contributed by atoms with Gasteiger partial charge in [-0.1, -0.05) is 6.07 Å². The Morgan fingerprint density at radius 2 is 2.00 bits per heavy atom. The molecule has 6 nitrogen and oxygen atoms in total. The highest BCUT2D eigenvalue weighted by Crippen LogP contribution is 2.40. The Hall–Kier alpha value is -1.79. The van der Waals surface area contributed by atoms with Crippen molar-refractivity contribution in [1.82, 2.24) is 5.32 Å². The average Bonchev–Trinajstić information content (AvgIpc) is 3.36. The van der Waals surface area contributed by atoms with Gasteiger partial charge in [0.25, 0.3) is 0 Å². The summed E-state index contributed by atoms with van der Waals surface area (Å²) in [5.74, 6) is 1.68. The van der Waals surface area contributed by atoms with Gasteiger partial charge in [0.2, 0.25) is 12.7 Å². The van der Waals surface area contributed by atoms with Crippen LogP contribution in [0, 0.1) is 0 Å². The molecule has 1 unspecified atom stereocenters. The summed E-state index contributed by atoms with van der Waals surface area (Å²) in [5, 5.41) is 3.16. The normalized spacial score (nSPS) is 23.8. The van der Waals surface area contributed by atoms with E-state index < -0.39 is 0 Å². The predicted molar refractivity (Wildman–Crippen MR) is 95.5 cm³/mol. The molecule has 3 aliphatic heterocycles. The second-order valence-electron chi connectivity index (χ2n) is 7.41. The van der Waals surface area contributed by atoms with Crippen molar-refractivity contribution in [2.24, 2.45) is 0 Å². The first-order valence-corrected chi connectivity index (χ1v) is 9.61. The maximum absolute atomic E-state index is 12.4. The van der Waals surface area contributed by atoms with E-state index in [4.69, 9.17) is 18.9 Å². The van der Waals surface area contributed by atoms with Crippen molar-refractivity contribution in [2.75, 3.05) is 33.2 Å². The lowest BCUT2D eigenvalue weighted by atomic mass is 9.74. The van der Waals surface area contributed by atoms with Gasteiger partial charge in [0, 0.05) is 38.2 Å². The number of rotatable bonds is 6. The number of fused-ring (bicyclic) bond motifs is 1. The SMILES string of the molecule is O=C(CCC1CCCO1)NCC1(c2ccc3c(c2)OCO3)CCOCC1. The molecule has 6 heteroatoms. The maximum atomic E-state index is 12.4. The van der Waals surface area contributed by atoms with Crippen molar-refractivity contribution < 1.29 is 23.7 Å². The molecule has 0 aromatic heterocycles. The first kappa shape index (κ1) is 17.6. The zero-order valence-corrected chi connectivity index (χ0v) is 15.1. The minimum atomic E-state index is -0.112. The number of hydrogen-bond acceptors (Lipinski definition) is 5. The third-order valence-corrected chi connectivity index (χ3v) is 5.78. The summed E-state index contributed by atoms with van der Waals surface area (Å²) in [6, 6.07) is 6.12. The molecule has 1 atom stereocenters. The van der Waals surface area contributed by atoms with Crippen LogP contribution in [-0.2, 0) is 19.7 Å². The number of amides is 1. The third-order valence-electron chi connectivity index (χ3n) is 5.78. The van der Waals surface area contributed by atoms with Crippen LogP contribution in [0.25, 0.3) is 0 Å². The molecule has 0 aliphatic carbocycles. The molecule has 0 saturated carbocycles. The van der Waals surface area contributed by atoms with E-state index in [0.717, 1.165) is 50.2 Å². The highest BCUT2D eigenvalue weighted by atomic mass is 16.7. The van der Waals surface area contributed by atoms with Crippen LogP contribution in [-0.4, -0.2) is 45.2 Å². The molecule has 26 heavy (non-hydrogen) atoms. The summed E-state index contributed by atoms with van der Waals surface area (Å²) < 4.78 is 22.1. The second-order valence-corrected chi connectivity index (χ2v) is 7.41. The van der Waals surface area contributed by atoms with Crippen LogP contribution in [0.15, 0.2) is 18.2 Å². The predicted octanol–water partition coefficient (Wildman–Crippen LogP) is 2.54. The van der Waals surface area contributed by atoms with Crippen LogP contribution >= 0.6 is 0 Å². The summed E-state index contributed by atoms with van der Waals surface area (Å²) in [6.07, 6.45) is 5.55. The van der Waals surface area contributed by atoms with Crippen molar-refractivity contribution in [3.8, 4) is 11.5 Å². The fourth-order valence-electron chi connectivity index (χ4n) is 4.08. The van der Waals surface area contributed by atoms with Gasteiger partial charge in [-0.15, -0.1) is 0 Å². The molecule has 2 fully saturated rings. The van der Waals surface area contributed by atoms with Crippen molar-refractivity contribution in [3.63, 3.8) is 0 Å². The smallest absolute Gasteiger partial charge is 0.231 e. The molecule has 1 aromatic rings. The van der Waals surface area contributed by atoms with E-state index in [0.29, 0.717) is 26.2 Å². The highest BCUT2D eigenvalue weighted by Gasteiger charge is 2.36. The Morgan fingerprint density at radius 1 is 1.15 bits per heavy atom. The number of hydrogen-bond donors (Lipinski definition) is 1. The van der Waals surface area contributed by atoms with Crippen LogP contribution in [0.2, 0.25) is 0 Å². The molecule has 142 valence electrons. The standard InChI is InChI=1S/C20H27NO5/c22-19(6-4-16-2-1-9-24-16)21-13-20(7-10-23-11-8-20)15-3-5-17-18(12-15)26-14-25-17/h3,5,12,16H,1-2,4,6-11,13-14H2,(H,21,22). The molecular weight excluding hydrogens is 334 g/mol. The molecule has 4 rings (SSSR count). The van der Waals surface area contributed by atoms with Gasteiger partial charge in [0.05, 0.1) is 6.10 Å². The zero-order valence-electron chi connectivity index (χ0n) is 15.1. The monoisotopic (exact) mass is 361 g/mol. The van der Waals surface area contributed by atoms with E-state index >= 15 is 0 Å². The number of ether oxygens (including phenoxy) is 4. The molecule has 2 saturated heterocycles. The molecule has 0 bridgehead atoms. The van der Waals surface area contributed by atoms with Crippen molar-refractivity contribution in [3.05, 3.63) is 23.8 Å². The quantitative estimate of drug-likeness (QED) is 0.843. The van der Waals surface area contributed by atoms with Crippen LogP contribution in [0.4, 0.5) is 0 Å². The maximum Gasteiger partial charge on any atom is 0.231 e. The van der Waals surface area contributed by atoms with Gasteiger partial charge in [0.1, 0.15) is 0 Å². The van der Waals surface area contributed by atoms with E-state index in [2.05, 4.69) is 17.4 Å². The summed E-state index contributed by atoms with van der Waals surface area (Å²) in [5.41, 5.74) is 1.07. The van der Waals surface area contributed by atoms with Gasteiger partial charge in [0.15, 0.2) is 11.5 Å². The summed E-state index contributed by atoms with van der Waals surface area (Å²) >= 11 is 0. The van der Waals surface area contributed by atoms with Crippen LogP contribution < -0.4 is 14.8 Å². The Morgan fingerprint density at radius 3 is 2.81 bits per heavy atom. The van der Waals surface area contributed by atoms with Crippen molar-refractivity contribution in [1.29, 1.82) is 0 Å². The van der Waals surface area contributed by atoms with E-state index in [1.807, 2.05) is 6.07 Å². The fraction of sp³-hybridized carbons (Fsp3) is 0.650. The Labute approximate surface area is 154 Å². The van der Waals surface area contributed by atoms with E-state index in [9.17, 15) is 4.79 Å². The largest absolute Gasteiger partial charge is 0.454 e. The third kappa shape index (κ3) is 3.81. The van der Waals surface area contributed by atoms with Gasteiger partial charge in [-0.2, -0.15) is 0 Å². The summed E-state index contributed by atoms with van der Waals surface area (Å²) in [4.78, 5) is 12.4. The number of carbonyl (C=O) groups is 1. The van der Waals surface area contributed by atoms with Crippen molar-refractivity contribution >= 4 is 5.91 Å². The first-order valence-electron chi connectivity index (χ1n) is 9.61. The molecule has 1 amide bonds. The minimum absolute atomic E-state index is 0.104. The Balaban J connectivity index is 1.40. The Bertz CT molecular complexity index is 635. The van der Waals surface area contributed by atoms with E-state index in [-0.39, 0.29) is 24.2 Å². The topological polar surface area (TPSA) is 66.0 Å².